The van der Waals surface area contributed by atoms with Crippen molar-refractivity contribution in [1.82, 2.24) is 9.88 Å². The smallest absolute Gasteiger partial charge is 0.309 e. The summed E-state index contributed by atoms with van der Waals surface area (Å²) in [4.78, 5) is 48.5. The molecule has 10 heteroatoms. The molecule has 1 fully saturated rings. The number of halogens is 1. The molecule has 1 saturated heterocycles. The molecule has 1 aliphatic heterocycles. The summed E-state index contributed by atoms with van der Waals surface area (Å²) in [6.07, 6.45) is 10.0. The van der Waals surface area contributed by atoms with Gasteiger partial charge in [-0.2, -0.15) is 0 Å². The summed E-state index contributed by atoms with van der Waals surface area (Å²) < 4.78 is 5.11. The number of nitrogens with zero attached hydrogens (tertiary/aromatic N) is 3. The van der Waals surface area contributed by atoms with E-state index in [2.05, 4.69) is 31.4 Å². The molecule has 0 spiro atoms. The molecular formula is C30H28ClN5O4. The number of pyridine rings is 1. The molecule has 0 unspecified atom stereocenters. The van der Waals surface area contributed by atoms with Crippen LogP contribution < -0.4 is 10.6 Å². The molecule has 0 bridgehead atoms. The lowest BCUT2D eigenvalue weighted by Crippen LogP contribution is -2.36. The Morgan fingerprint density at radius 2 is 1.85 bits per heavy atom. The molecule has 0 saturated carbocycles. The van der Waals surface area contributed by atoms with Crippen LogP contribution in [0.3, 0.4) is 0 Å². The molecule has 0 aliphatic carbocycles. The largest absolute Gasteiger partial charge is 0.466 e. The zero-order valence-corrected chi connectivity index (χ0v) is 22.6. The van der Waals surface area contributed by atoms with Gasteiger partial charge in [-0.3, -0.25) is 14.4 Å². The highest BCUT2D eigenvalue weighted by molar-refractivity contribution is 6.31. The lowest BCUT2D eigenvalue weighted by atomic mass is 9.97. The van der Waals surface area contributed by atoms with Gasteiger partial charge in [-0.1, -0.05) is 17.5 Å². The molecule has 4 rings (SSSR count). The Bertz CT molecular complexity index is 1440. The summed E-state index contributed by atoms with van der Waals surface area (Å²) >= 11 is 6.13. The van der Waals surface area contributed by atoms with E-state index in [1.807, 2.05) is 6.92 Å². The van der Waals surface area contributed by atoms with E-state index in [9.17, 15) is 14.4 Å². The number of rotatable bonds is 8. The van der Waals surface area contributed by atoms with Gasteiger partial charge in [0.05, 0.1) is 35.8 Å². The van der Waals surface area contributed by atoms with E-state index in [1.165, 1.54) is 12.3 Å². The average molecular weight is 558 g/mol. The minimum Gasteiger partial charge on any atom is -0.466 e. The van der Waals surface area contributed by atoms with Gasteiger partial charge in [0, 0.05) is 35.4 Å². The lowest BCUT2D eigenvalue weighted by molar-refractivity contribution is -0.149. The minimum absolute atomic E-state index is 0.0632. The number of carbonyl (C=O) groups excluding carboxylic acids is 3. The Morgan fingerprint density at radius 1 is 1.10 bits per heavy atom. The number of aliphatic imine (C=N–C) groups is 1. The highest BCUT2D eigenvalue weighted by atomic mass is 35.5. The number of hydrogen-bond acceptors (Lipinski definition) is 6. The Morgan fingerprint density at radius 3 is 2.50 bits per heavy atom. The number of aromatic nitrogens is 1. The van der Waals surface area contributed by atoms with E-state index < -0.39 is 11.8 Å². The Labute approximate surface area is 237 Å². The zero-order valence-electron chi connectivity index (χ0n) is 21.9. The molecular weight excluding hydrogens is 530 g/mol. The molecule has 2 aromatic carbocycles. The van der Waals surface area contributed by atoms with Crippen LogP contribution in [0.25, 0.3) is 0 Å². The molecule has 2 amide bonds. The number of ether oxygens (including phenoxy) is 1. The number of nitrogens with one attached hydrogen (secondary N) is 2. The number of hydrogen-bond donors (Lipinski definition) is 2. The summed E-state index contributed by atoms with van der Waals surface area (Å²) in [5, 5.41) is 5.79. The second-order valence-corrected chi connectivity index (χ2v) is 9.46. The van der Waals surface area contributed by atoms with Crippen molar-refractivity contribution in [3.8, 4) is 12.3 Å². The van der Waals surface area contributed by atoms with E-state index in [-0.39, 0.29) is 17.5 Å². The first-order chi connectivity index (χ1) is 19.4. The van der Waals surface area contributed by atoms with E-state index >= 15 is 0 Å². The normalized spacial score (nSPS) is 13.5. The van der Waals surface area contributed by atoms with Crippen molar-refractivity contribution in [2.24, 2.45) is 10.9 Å². The van der Waals surface area contributed by atoms with Crippen LogP contribution in [0.15, 0.2) is 65.8 Å². The van der Waals surface area contributed by atoms with Crippen molar-refractivity contribution in [3.05, 3.63) is 82.5 Å². The maximum absolute atomic E-state index is 13.0. The average Bonchev–Trinajstić information content (AvgIpc) is 2.98. The molecule has 1 aromatic heterocycles. The maximum atomic E-state index is 13.0. The number of terminal acetylenes is 1. The Kier molecular flexibility index (Phi) is 9.49. The highest BCUT2D eigenvalue weighted by Crippen LogP contribution is 2.24. The van der Waals surface area contributed by atoms with Crippen molar-refractivity contribution in [2.45, 2.75) is 19.8 Å². The van der Waals surface area contributed by atoms with Gasteiger partial charge in [0.1, 0.15) is 5.82 Å². The SMILES string of the molecule is C#Cc1ccc(NC(=O)c2cc(Cl)ccc2NC(=O)c2ccc(N=CN3CCC(C(=O)OCC)CC3)cc2)nc1. The van der Waals surface area contributed by atoms with Crippen molar-refractivity contribution in [1.29, 1.82) is 0 Å². The molecule has 9 nitrogen and oxygen atoms in total. The third kappa shape index (κ3) is 7.46. The summed E-state index contributed by atoms with van der Waals surface area (Å²) in [6.45, 7) is 3.64. The number of carbonyl (C=O) groups is 3. The van der Waals surface area contributed by atoms with Crippen LogP contribution in [0.4, 0.5) is 17.2 Å². The number of piperidine rings is 1. The van der Waals surface area contributed by atoms with Crippen LogP contribution in [0.5, 0.6) is 0 Å². The van der Waals surface area contributed by atoms with Gasteiger partial charge >= 0.3 is 5.97 Å². The zero-order chi connectivity index (χ0) is 28.5. The Balaban J connectivity index is 1.37. The van der Waals surface area contributed by atoms with Crippen LogP contribution >= 0.6 is 11.6 Å². The third-order valence-corrected chi connectivity index (χ3v) is 6.53. The summed E-state index contributed by atoms with van der Waals surface area (Å²) in [5.74, 6) is 1.68. The number of likely N-dealkylation sites (tertiary alicyclic amines) is 1. The fourth-order valence-corrected chi connectivity index (χ4v) is 4.27. The first-order valence-electron chi connectivity index (χ1n) is 12.8. The quantitative estimate of drug-likeness (QED) is 0.171. The number of benzene rings is 2. The van der Waals surface area contributed by atoms with Crippen molar-refractivity contribution >= 4 is 52.9 Å². The van der Waals surface area contributed by atoms with Gasteiger partial charge in [-0.05, 0) is 74.4 Å². The van der Waals surface area contributed by atoms with Gasteiger partial charge in [0.15, 0.2) is 0 Å². The minimum atomic E-state index is -0.491. The highest BCUT2D eigenvalue weighted by Gasteiger charge is 2.25. The van der Waals surface area contributed by atoms with Crippen molar-refractivity contribution < 1.29 is 19.1 Å². The molecule has 1 aliphatic rings. The summed E-state index contributed by atoms with van der Waals surface area (Å²) in [6, 6.07) is 14.6. The predicted octanol–water partition coefficient (Wildman–Crippen LogP) is 5.16. The van der Waals surface area contributed by atoms with Gasteiger partial charge < -0.3 is 20.3 Å². The van der Waals surface area contributed by atoms with Crippen molar-refractivity contribution in [2.75, 3.05) is 30.3 Å². The molecule has 204 valence electrons. The number of anilines is 2. The number of esters is 1. The van der Waals surface area contributed by atoms with Crippen LogP contribution in [0.2, 0.25) is 5.02 Å². The van der Waals surface area contributed by atoms with Crippen molar-refractivity contribution in [3.63, 3.8) is 0 Å². The number of amides is 2. The van der Waals surface area contributed by atoms with E-state index in [0.717, 1.165) is 25.9 Å². The first kappa shape index (κ1) is 28.3. The first-order valence-corrected chi connectivity index (χ1v) is 13.1. The van der Waals surface area contributed by atoms with Gasteiger partial charge in [0.25, 0.3) is 11.8 Å². The predicted molar refractivity (Wildman–Crippen MR) is 155 cm³/mol. The molecule has 0 radical (unpaired) electrons. The molecule has 40 heavy (non-hydrogen) atoms. The monoisotopic (exact) mass is 557 g/mol. The fourth-order valence-electron chi connectivity index (χ4n) is 4.10. The lowest BCUT2D eigenvalue weighted by Gasteiger charge is -2.29. The second kappa shape index (κ2) is 13.4. The van der Waals surface area contributed by atoms with E-state index in [0.29, 0.717) is 39.9 Å². The van der Waals surface area contributed by atoms with Crippen LogP contribution in [0.1, 0.15) is 46.0 Å². The maximum Gasteiger partial charge on any atom is 0.309 e. The van der Waals surface area contributed by atoms with E-state index in [1.54, 1.807) is 54.9 Å². The topological polar surface area (TPSA) is 113 Å². The van der Waals surface area contributed by atoms with Gasteiger partial charge in [-0.15, -0.1) is 6.42 Å². The van der Waals surface area contributed by atoms with Gasteiger partial charge in [0.2, 0.25) is 0 Å². The van der Waals surface area contributed by atoms with E-state index in [4.69, 9.17) is 22.8 Å². The molecule has 0 atom stereocenters. The second-order valence-electron chi connectivity index (χ2n) is 9.03. The third-order valence-electron chi connectivity index (χ3n) is 6.30. The van der Waals surface area contributed by atoms with Crippen LogP contribution in [0, 0.1) is 18.3 Å². The summed E-state index contributed by atoms with van der Waals surface area (Å²) in [7, 11) is 0. The molecule has 3 aromatic rings. The summed E-state index contributed by atoms with van der Waals surface area (Å²) in [5.41, 5.74) is 2.12. The Hall–Kier alpha value is -4.68. The van der Waals surface area contributed by atoms with Crippen LogP contribution in [-0.4, -0.2) is 53.7 Å². The van der Waals surface area contributed by atoms with Crippen LogP contribution in [-0.2, 0) is 9.53 Å². The van der Waals surface area contributed by atoms with Gasteiger partial charge in [-0.25, -0.2) is 9.98 Å². The fraction of sp³-hybridized carbons (Fsp3) is 0.233. The molecule has 2 N–H and O–H groups in total. The standard InChI is InChI=1S/C30H28ClN5O4/c1-3-20-5-12-27(32-18-20)35-29(38)25-17-23(31)8-11-26(25)34-28(37)21-6-9-24(10-7-21)33-19-36-15-13-22(14-16-36)30(39)40-4-2/h1,5-12,17-19,22H,4,13-16H2,2H3,(H,34,37)(H,32,35,38). The molecule has 2 heterocycles.